The molecule has 3 N–H and O–H groups in total. The number of anilines is 2. The molecule has 0 bridgehead atoms. The van der Waals surface area contributed by atoms with Crippen LogP contribution in [0.15, 0.2) is 89.5 Å². The van der Waals surface area contributed by atoms with Gasteiger partial charge in [0.05, 0.1) is 10.8 Å². The van der Waals surface area contributed by atoms with E-state index in [0.29, 0.717) is 34.2 Å². The maximum Gasteiger partial charge on any atom is 0.272 e. The van der Waals surface area contributed by atoms with E-state index in [9.17, 15) is 19.6 Å². The first-order valence-electron chi connectivity index (χ1n) is 15.3. The summed E-state index contributed by atoms with van der Waals surface area (Å²) in [5.74, 6) is -0.451. The Labute approximate surface area is 278 Å². The number of thiophene rings is 1. The standard InChI is InChI=1S/C37H36N4O3S2/c1-4-32(36(44)41-37-30(22-38)29-17-16-24(3)19-33(29)46-37)45-28-15-9-14-27(21-28)39-35(43)31(20-25-11-8-10-23(2)18-25)40-34(42)26-12-6-5-7-13-26/h5-15,18,20-21,24,32H,4,16-17,19H2,1-3H3,(H,39,43)(H,40,42)(H,41,44)/b31-20+. The lowest BCUT2D eigenvalue weighted by Crippen LogP contribution is -2.30. The highest BCUT2D eigenvalue weighted by Crippen LogP contribution is 2.40. The summed E-state index contributed by atoms with van der Waals surface area (Å²) in [4.78, 5) is 42.0. The fourth-order valence-electron chi connectivity index (χ4n) is 5.35. The lowest BCUT2D eigenvalue weighted by Gasteiger charge is -2.17. The van der Waals surface area contributed by atoms with Gasteiger partial charge in [-0.25, -0.2) is 0 Å². The molecule has 2 atom stereocenters. The monoisotopic (exact) mass is 648 g/mol. The first kappa shape index (κ1) is 32.7. The Bertz CT molecular complexity index is 1820. The van der Waals surface area contributed by atoms with Crippen LogP contribution in [0.1, 0.15) is 64.2 Å². The summed E-state index contributed by atoms with van der Waals surface area (Å²) in [5.41, 5.74) is 4.55. The third-order valence-electron chi connectivity index (χ3n) is 7.78. The Kier molecular flexibility index (Phi) is 10.7. The Morgan fingerprint density at radius 2 is 1.83 bits per heavy atom. The topological polar surface area (TPSA) is 111 Å². The predicted molar refractivity (Wildman–Crippen MR) is 187 cm³/mol. The molecule has 234 valence electrons. The summed E-state index contributed by atoms with van der Waals surface area (Å²) in [6.07, 6.45) is 5.08. The molecule has 3 amide bonds. The highest BCUT2D eigenvalue weighted by Gasteiger charge is 2.27. The zero-order chi connectivity index (χ0) is 32.6. The Morgan fingerprint density at radius 3 is 2.57 bits per heavy atom. The highest BCUT2D eigenvalue weighted by molar-refractivity contribution is 8.00. The van der Waals surface area contributed by atoms with Crippen molar-refractivity contribution >= 4 is 57.6 Å². The number of fused-ring (bicyclic) bond motifs is 1. The summed E-state index contributed by atoms with van der Waals surface area (Å²) >= 11 is 2.92. The van der Waals surface area contributed by atoms with Gasteiger partial charge in [-0.2, -0.15) is 5.26 Å². The molecule has 2 unspecified atom stereocenters. The Morgan fingerprint density at radius 1 is 1.04 bits per heavy atom. The first-order chi connectivity index (χ1) is 22.2. The van der Waals surface area contributed by atoms with E-state index in [0.717, 1.165) is 40.8 Å². The Hall–Kier alpha value is -4.65. The molecule has 1 aliphatic rings. The number of benzene rings is 3. The fourth-order valence-corrected chi connectivity index (χ4v) is 7.73. The van der Waals surface area contributed by atoms with Crippen LogP contribution in [-0.4, -0.2) is 23.0 Å². The molecule has 1 aliphatic carbocycles. The summed E-state index contributed by atoms with van der Waals surface area (Å²) in [6, 6.07) is 26.0. The van der Waals surface area contributed by atoms with Gasteiger partial charge in [0.2, 0.25) is 5.91 Å². The van der Waals surface area contributed by atoms with Crippen LogP contribution in [0.3, 0.4) is 0 Å². The van der Waals surface area contributed by atoms with Crippen LogP contribution in [0.25, 0.3) is 6.08 Å². The van der Waals surface area contributed by atoms with Crippen molar-refractivity contribution < 1.29 is 14.4 Å². The summed E-state index contributed by atoms with van der Waals surface area (Å²) in [5, 5.41) is 18.8. The molecule has 4 aromatic rings. The van der Waals surface area contributed by atoms with Crippen molar-refractivity contribution in [3.05, 3.63) is 117 Å². The van der Waals surface area contributed by atoms with Crippen LogP contribution in [0.5, 0.6) is 0 Å². The van der Waals surface area contributed by atoms with Crippen LogP contribution in [0.2, 0.25) is 0 Å². The molecule has 0 spiro atoms. The van der Waals surface area contributed by atoms with Gasteiger partial charge in [-0.05, 0) is 86.1 Å². The maximum atomic E-state index is 13.5. The average Bonchev–Trinajstić information content (AvgIpc) is 3.39. The van der Waals surface area contributed by atoms with E-state index in [4.69, 9.17) is 0 Å². The van der Waals surface area contributed by atoms with Crippen LogP contribution in [-0.2, 0) is 22.4 Å². The average molecular weight is 649 g/mol. The molecule has 0 aliphatic heterocycles. The SMILES string of the molecule is CCC(Sc1cccc(NC(=O)/C(=C\c2cccc(C)c2)NC(=O)c2ccccc2)c1)C(=O)Nc1sc2c(c1C#N)CCC(C)C2. The number of carbonyl (C=O) groups is 3. The lowest BCUT2D eigenvalue weighted by atomic mass is 9.88. The molecule has 0 saturated heterocycles. The van der Waals surface area contributed by atoms with Gasteiger partial charge in [0.15, 0.2) is 0 Å². The van der Waals surface area contributed by atoms with Crippen molar-refractivity contribution in [2.45, 2.75) is 56.6 Å². The van der Waals surface area contributed by atoms with E-state index < -0.39 is 17.1 Å². The minimum absolute atomic E-state index is 0.102. The molecule has 3 aromatic carbocycles. The maximum absolute atomic E-state index is 13.5. The number of nitrogens with zero attached hydrogens (tertiary/aromatic N) is 1. The quantitative estimate of drug-likeness (QED) is 0.119. The van der Waals surface area contributed by atoms with Gasteiger partial charge >= 0.3 is 0 Å². The number of hydrogen-bond acceptors (Lipinski definition) is 6. The number of aryl methyl sites for hydroxylation is 1. The fraction of sp³-hybridized carbons (Fsp3) is 0.243. The molecule has 1 aromatic heterocycles. The van der Waals surface area contributed by atoms with E-state index >= 15 is 0 Å². The van der Waals surface area contributed by atoms with E-state index in [1.165, 1.54) is 28.0 Å². The molecule has 9 heteroatoms. The number of rotatable bonds is 10. The van der Waals surface area contributed by atoms with E-state index in [1.54, 1.807) is 36.4 Å². The van der Waals surface area contributed by atoms with Gasteiger partial charge in [-0.1, -0.05) is 67.9 Å². The van der Waals surface area contributed by atoms with Crippen molar-refractivity contribution in [1.82, 2.24) is 5.32 Å². The number of hydrogen-bond donors (Lipinski definition) is 3. The summed E-state index contributed by atoms with van der Waals surface area (Å²) in [6.45, 7) is 6.13. The van der Waals surface area contributed by atoms with Crippen molar-refractivity contribution in [3.8, 4) is 6.07 Å². The van der Waals surface area contributed by atoms with Crippen LogP contribution >= 0.6 is 23.1 Å². The van der Waals surface area contributed by atoms with E-state index in [2.05, 4.69) is 28.9 Å². The molecular formula is C37H36N4O3S2. The van der Waals surface area contributed by atoms with Crippen molar-refractivity contribution in [1.29, 1.82) is 5.26 Å². The van der Waals surface area contributed by atoms with Crippen molar-refractivity contribution in [3.63, 3.8) is 0 Å². The zero-order valence-corrected chi connectivity index (χ0v) is 27.7. The first-order valence-corrected chi connectivity index (χ1v) is 17.0. The van der Waals surface area contributed by atoms with Crippen LogP contribution < -0.4 is 16.0 Å². The number of nitriles is 1. The van der Waals surface area contributed by atoms with E-state index in [1.807, 2.05) is 62.4 Å². The molecule has 0 radical (unpaired) electrons. The molecule has 0 fully saturated rings. The van der Waals surface area contributed by atoms with Gasteiger partial charge < -0.3 is 16.0 Å². The van der Waals surface area contributed by atoms with Crippen molar-refractivity contribution in [2.75, 3.05) is 10.6 Å². The van der Waals surface area contributed by atoms with Gasteiger partial charge in [0.1, 0.15) is 16.8 Å². The third kappa shape index (κ3) is 8.13. The number of nitrogens with one attached hydrogen (secondary N) is 3. The second-order valence-corrected chi connectivity index (χ2v) is 13.8. The van der Waals surface area contributed by atoms with Gasteiger partial charge in [0, 0.05) is 21.0 Å². The lowest BCUT2D eigenvalue weighted by molar-refractivity contribution is -0.116. The predicted octanol–water partition coefficient (Wildman–Crippen LogP) is 7.97. The van der Waals surface area contributed by atoms with Gasteiger partial charge in [-0.15, -0.1) is 23.1 Å². The minimum atomic E-state index is -0.474. The molecule has 7 nitrogen and oxygen atoms in total. The summed E-state index contributed by atoms with van der Waals surface area (Å²) < 4.78 is 0. The minimum Gasteiger partial charge on any atom is -0.321 e. The second-order valence-electron chi connectivity index (χ2n) is 11.4. The molecule has 0 saturated carbocycles. The molecule has 46 heavy (non-hydrogen) atoms. The van der Waals surface area contributed by atoms with Gasteiger partial charge in [-0.3, -0.25) is 14.4 Å². The number of amides is 3. The highest BCUT2D eigenvalue weighted by atomic mass is 32.2. The van der Waals surface area contributed by atoms with Crippen LogP contribution in [0, 0.1) is 24.2 Å². The smallest absolute Gasteiger partial charge is 0.272 e. The molecule has 1 heterocycles. The number of thioether (sulfide) groups is 1. The number of carbonyl (C=O) groups excluding carboxylic acids is 3. The zero-order valence-electron chi connectivity index (χ0n) is 26.1. The molecular weight excluding hydrogens is 613 g/mol. The normalized spacial score (nSPS) is 14.8. The summed E-state index contributed by atoms with van der Waals surface area (Å²) in [7, 11) is 0. The second kappa shape index (κ2) is 15.1. The Balaban J connectivity index is 1.30. The largest absolute Gasteiger partial charge is 0.321 e. The molecule has 5 rings (SSSR count). The van der Waals surface area contributed by atoms with Crippen LogP contribution in [0.4, 0.5) is 10.7 Å². The third-order valence-corrected chi connectivity index (χ3v) is 10.3. The van der Waals surface area contributed by atoms with Crippen molar-refractivity contribution in [2.24, 2.45) is 5.92 Å². The van der Waals surface area contributed by atoms with E-state index in [-0.39, 0.29) is 11.6 Å². The van der Waals surface area contributed by atoms with Gasteiger partial charge in [0.25, 0.3) is 11.8 Å².